The zero-order valence-corrected chi connectivity index (χ0v) is 17.2. The Morgan fingerprint density at radius 1 is 0.704 bits per heavy atom. The lowest BCUT2D eigenvalue weighted by atomic mass is 10.2. The maximum Gasteiger partial charge on any atom is 0.407 e. The Hall–Kier alpha value is -1.01. The molecular formula is C17H40N4O6. The molecule has 10 nitrogen and oxygen atoms in total. The molecule has 27 heavy (non-hydrogen) atoms. The van der Waals surface area contributed by atoms with Crippen molar-refractivity contribution >= 4 is 6.09 Å². The van der Waals surface area contributed by atoms with Crippen LogP contribution in [0.25, 0.3) is 0 Å². The van der Waals surface area contributed by atoms with Crippen molar-refractivity contribution in [1.82, 2.24) is 5.32 Å². The van der Waals surface area contributed by atoms with Crippen LogP contribution in [0.2, 0.25) is 0 Å². The van der Waals surface area contributed by atoms with Crippen LogP contribution in [0.1, 0.15) is 20.8 Å². The first-order chi connectivity index (χ1) is 12.9. The van der Waals surface area contributed by atoms with E-state index in [4.69, 9.17) is 40.9 Å². The van der Waals surface area contributed by atoms with E-state index >= 15 is 0 Å². The number of hydrogen-bond donors (Lipinski definition) is 4. The zero-order valence-electron chi connectivity index (χ0n) is 17.2. The Bertz CT molecular complexity index is 308. The lowest BCUT2D eigenvalue weighted by molar-refractivity contribution is 0.0411. The molecule has 10 heteroatoms. The molecule has 0 fully saturated rings. The quantitative estimate of drug-likeness (QED) is 0.267. The van der Waals surface area contributed by atoms with Gasteiger partial charge in [0.25, 0.3) is 0 Å². The largest absolute Gasteiger partial charge is 0.444 e. The van der Waals surface area contributed by atoms with E-state index < -0.39 is 11.7 Å². The van der Waals surface area contributed by atoms with E-state index in [1.165, 1.54) is 0 Å². The van der Waals surface area contributed by atoms with Gasteiger partial charge in [0.05, 0.1) is 52.9 Å². The second-order valence-electron chi connectivity index (χ2n) is 6.24. The van der Waals surface area contributed by atoms with Gasteiger partial charge in [-0.1, -0.05) is 0 Å². The van der Waals surface area contributed by atoms with Gasteiger partial charge < -0.3 is 46.2 Å². The number of ether oxygens (including phenoxy) is 5. The number of nitrogens with two attached hydrogens (primary N) is 3. The summed E-state index contributed by atoms with van der Waals surface area (Å²) >= 11 is 0. The molecule has 0 unspecified atom stereocenters. The van der Waals surface area contributed by atoms with Crippen LogP contribution in [0.3, 0.4) is 0 Å². The molecule has 0 aromatic carbocycles. The highest BCUT2D eigenvalue weighted by atomic mass is 16.6. The predicted molar refractivity (Wildman–Crippen MR) is 105 cm³/mol. The van der Waals surface area contributed by atoms with E-state index in [2.05, 4.69) is 5.32 Å². The second-order valence-corrected chi connectivity index (χ2v) is 6.24. The van der Waals surface area contributed by atoms with E-state index in [1.54, 1.807) is 0 Å². The summed E-state index contributed by atoms with van der Waals surface area (Å²) in [6.45, 7) is 11.9. The van der Waals surface area contributed by atoms with E-state index in [9.17, 15) is 4.79 Å². The summed E-state index contributed by atoms with van der Waals surface area (Å²) in [5.74, 6) is 0. The predicted octanol–water partition coefficient (Wildman–Crippen LogP) is -0.560. The van der Waals surface area contributed by atoms with Crippen LogP contribution in [0.15, 0.2) is 0 Å². The summed E-state index contributed by atoms with van der Waals surface area (Å²) in [4.78, 5) is 11.2. The first kappa shape index (κ1) is 28.2. The van der Waals surface area contributed by atoms with Crippen LogP contribution < -0.4 is 22.5 Å². The molecule has 0 radical (unpaired) electrons. The molecule has 0 spiro atoms. The molecule has 0 aromatic heterocycles. The van der Waals surface area contributed by atoms with Crippen LogP contribution in [0.4, 0.5) is 4.79 Å². The van der Waals surface area contributed by atoms with Gasteiger partial charge in [-0.15, -0.1) is 0 Å². The highest BCUT2D eigenvalue weighted by molar-refractivity contribution is 5.67. The fraction of sp³-hybridized carbons (Fsp3) is 0.941. The minimum Gasteiger partial charge on any atom is -0.444 e. The molecule has 0 atom stereocenters. The molecule has 0 aliphatic heterocycles. The Morgan fingerprint density at radius 2 is 1.07 bits per heavy atom. The van der Waals surface area contributed by atoms with Crippen LogP contribution in [-0.2, 0) is 23.7 Å². The lowest BCUT2D eigenvalue weighted by Crippen LogP contribution is -2.34. The molecule has 0 aliphatic rings. The Morgan fingerprint density at radius 3 is 1.41 bits per heavy atom. The minimum absolute atomic E-state index is 0.422. The SMILES string of the molecule is CC(C)(C)OC(=O)NCCOCCOCCN.NCCOCCOCCN. The van der Waals surface area contributed by atoms with E-state index in [1.807, 2.05) is 20.8 Å². The molecule has 0 aromatic rings. The topological polar surface area (TPSA) is 153 Å². The van der Waals surface area contributed by atoms with Gasteiger partial charge in [-0.05, 0) is 20.8 Å². The highest BCUT2D eigenvalue weighted by Gasteiger charge is 2.15. The molecular weight excluding hydrogens is 356 g/mol. The van der Waals surface area contributed by atoms with Crippen LogP contribution in [0, 0.1) is 0 Å². The summed E-state index contributed by atoms with van der Waals surface area (Å²) in [5, 5.41) is 2.59. The molecule has 0 saturated heterocycles. The Kier molecular flexibility index (Phi) is 22.2. The van der Waals surface area contributed by atoms with Crippen molar-refractivity contribution in [3.63, 3.8) is 0 Å². The third kappa shape index (κ3) is 30.0. The normalized spacial score (nSPS) is 10.9. The maximum absolute atomic E-state index is 11.2. The Balaban J connectivity index is 0. The molecule has 0 aliphatic carbocycles. The highest BCUT2D eigenvalue weighted by Crippen LogP contribution is 2.05. The van der Waals surface area contributed by atoms with Crippen molar-refractivity contribution in [3.8, 4) is 0 Å². The smallest absolute Gasteiger partial charge is 0.407 e. The van der Waals surface area contributed by atoms with E-state index in [0.717, 1.165) is 0 Å². The first-order valence-corrected chi connectivity index (χ1v) is 9.25. The Labute approximate surface area is 163 Å². The van der Waals surface area contributed by atoms with Crippen molar-refractivity contribution in [2.45, 2.75) is 26.4 Å². The van der Waals surface area contributed by atoms with Crippen molar-refractivity contribution in [2.75, 3.05) is 79.0 Å². The van der Waals surface area contributed by atoms with Gasteiger partial charge in [0.15, 0.2) is 0 Å². The average Bonchev–Trinajstić information content (AvgIpc) is 2.59. The van der Waals surface area contributed by atoms with Crippen molar-refractivity contribution in [3.05, 3.63) is 0 Å². The molecule has 164 valence electrons. The van der Waals surface area contributed by atoms with Gasteiger partial charge in [-0.2, -0.15) is 0 Å². The van der Waals surface area contributed by atoms with Gasteiger partial charge in [0, 0.05) is 26.2 Å². The van der Waals surface area contributed by atoms with Gasteiger partial charge in [-0.25, -0.2) is 4.79 Å². The van der Waals surface area contributed by atoms with Gasteiger partial charge >= 0.3 is 6.09 Å². The zero-order chi connectivity index (χ0) is 20.8. The molecule has 0 saturated carbocycles. The summed E-state index contributed by atoms with van der Waals surface area (Å²) in [6.07, 6.45) is -0.430. The van der Waals surface area contributed by atoms with Gasteiger partial charge in [-0.3, -0.25) is 0 Å². The molecule has 0 heterocycles. The monoisotopic (exact) mass is 396 g/mol. The summed E-state index contributed by atoms with van der Waals surface area (Å²) in [5.41, 5.74) is 15.1. The summed E-state index contributed by atoms with van der Waals surface area (Å²) in [6, 6.07) is 0. The fourth-order valence-corrected chi connectivity index (χ4v) is 1.43. The number of amides is 1. The van der Waals surface area contributed by atoms with Gasteiger partial charge in [0.2, 0.25) is 0 Å². The standard InChI is InChI=1S/C11H24N2O4.C6H16N2O2/c1-11(2,3)17-10(14)13-5-7-16-9-8-15-6-4-12;7-1-3-9-5-6-10-4-2-8/h4-9,12H2,1-3H3,(H,13,14);1-8H2. The number of nitrogens with one attached hydrogen (secondary N) is 1. The van der Waals surface area contributed by atoms with Gasteiger partial charge in [0.1, 0.15) is 5.60 Å². The lowest BCUT2D eigenvalue weighted by Gasteiger charge is -2.19. The molecule has 0 rings (SSSR count). The third-order valence-electron chi connectivity index (χ3n) is 2.45. The van der Waals surface area contributed by atoms with Crippen molar-refractivity contribution in [2.24, 2.45) is 17.2 Å². The molecule has 0 bridgehead atoms. The molecule has 7 N–H and O–H groups in total. The van der Waals surface area contributed by atoms with Crippen molar-refractivity contribution in [1.29, 1.82) is 0 Å². The second kappa shape index (κ2) is 21.3. The number of rotatable bonds is 15. The van der Waals surface area contributed by atoms with Crippen LogP contribution in [0.5, 0.6) is 0 Å². The average molecular weight is 397 g/mol. The summed E-state index contributed by atoms with van der Waals surface area (Å²) in [7, 11) is 0. The maximum atomic E-state index is 11.2. The number of carbonyl (C=O) groups is 1. The van der Waals surface area contributed by atoms with Crippen molar-refractivity contribution < 1.29 is 28.5 Å². The number of hydrogen-bond acceptors (Lipinski definition) is 9. The summed E-state index contributed by atoms with van der Waals surface area (Å²) < 4.78 is 25.5. The van der Waals surface area contributed by atoms with Crippen LogP contribution >= 0.6 is 0 Å². The fourth-order valence-electron chi connectivity index (χ4n) is 1.43. The minimum atomic E-state index is -0.471. The van der Waals surface area contributed by atoms with Crippen LogP contribution in [-0.4, -0.2) is 90.7 Å². The number of carbonyl (C=O) groups excluding carboxylic acids is 1. The third-order valence-corrected chi connectivity index (χ3v) is 2.45. The first-order valence-electron chi connectivity index (χ1n) is 9.25. The van der Waals surface area contributed by atoms with E-state index in [-0.39, 0.29) is 0 Å². The molecule has 1 amide bonds. The number of alkyl carbamates (subject to hydrolysis) is 1. The van der Waals surface area contributed by atoms with E-state index in [0.29, 0.717) is 79.0 Å².